The summed E-state index contributed by atoms with van der Waals surface area (Å²) in [7, 11) is 0. The fourth-order valence-corrected chi connectivity index (χ4v) is 1.34. The standard InChI is InChI=1S/C9H9O2/c1-6-9(10)7-4-2-3-5-8(7)11-6/h2-6,9H,1H3. The Labute approximate surface area is 65.4 Å². The van der Waals surface area contributed by atoms with E-state index in [0.717, 1.165) is 11.3 Å². The Balaban J connectivity index is 2.47. The Morgan fingerprint density at radius 3 is 2.82 bits per heavy atom. The summed E-state index contributed by atoms with van der Waals surface area (Å²) in [5.41, 5.74) is 0.792. The summed E-state index contributed by atoms with van der Waals surface area (Å²) in [6.07, 6.45) is -0.918. The molecule has 1 aromatic carbocycles. The van der Waals surface area contributed by atoms with E-state index in [4.69, 9.17) is 4.74 Å². The van der Waals surface area contributed by atoms with Gasteiger partial charge in [0.25, 0.3) is 0 Å². The molecule has 0 aliphatic carbocycles. The zero-order valence-electron chi connectivity index (χ0n) is 6.28. The van der Waals surface area contributed by atoms with Crippen LogP contribution in [0, 0.1) is 0 Å². The van der Waals surface area contributed by atoms with Crippen molar-refractivity contribution < 1.29 is 9.84 Å². The number of ether oxygens (including phenoxy) is 1. The predicted octanol–water partition coefficient (Wildman–Crippen LogP) is 1.94. The van der Waals surface area contributed by atoms with E-state index in [2.05, 4.69) is 0 Å². The van der Waals surface area contributed by atoms with E-state index in [0.29, 0.717) is 0 Å². The lowest BCUT2D eigenvalue weighted by molar-refractivity contribution is 0.0221. The molecule has 2 unspecified atom stereocenters. The quantitative estimate of drug-likeness (QED) is 0.554. The zero-order valence-corrected chi connectivity index (χ0v) is 6.28. The highest BCUT2D eigenvalue weighted by molar-refractivity contribution is 5.38. The minimum absolute atomic E-state index is 0.215. The summed E-state index contributed by atoms with van der Waals surface area (Å²) >= 11 is 0. The number of para-hydroxylation sites is 1. The SMILES string of the molecule is CC1Oc2ccccc2C1[O]. The molecule has 0 fully saturated rings. The fraction of sp³-hybridized carbons (Fsp3) is 0.333. The van der Waals surface area contributed by atoms with E-state index in [9.17, 15) is 5.11 Å². The number of benzene rings is 1. The molecule has 0 bridgehead atoms. The molecular weight excluding hydrogens is 140 g/mol. The molecule has 2 atom stereocenters. The molecule has 0 spiro atoms. The third-order valence-corrected chi connectivity index (χ3v) is 1.96. The molecule has 1 heterocycles. The van der Waals surface area contributed by atoms with Gasteiger partial charge < -0.3 is 4.74 Å². The minimum atomic E-state index is -0.703. The van der Waals surface area contributed by atoms with E-state index < -0.39 is 6.10 Å². The zero-order chi connectivity index (χ0) is 7.84. The van der Waals surface area contributed by atoms with Gasteiger partial charge in [-0.1, -0.05) is 18.2 Å². The van der Waals surface area contributed by atoms with E-state index in [-0.39, 0.29) is 6.10 Å². The van der Waals surface area contributed by atoms with Crippen LogP contribution in [0.5, 0.6) is 5.75 Å². The normalized spacial score (nSPS) is 27.8. The van der Waals surface area contributed by atoms with E-state index in [1.54, 1.807) is 6.92 Å². The summed E-state index contributed by atoms with van der Waals surface area (Å²) in [6.45, 7) is 1.80. The Morgan fingerprint density at radius 2 is 2.09 bits per heavy atom. The maximum atomic E-state index is 11.4. The first-order chi connectivity index (χ1) is 5.29. The molecule has 1 aromatic rings. The maximum absolute atomic E-state index is 11.4. The van der Waals surface area contributed by atoms with Crippen LogP contribution in [0.1, 0.15) is 18.6 Å². The van der Waals surface area contributed by atoms with Gasteiger partial charge in [-0.15, -0.1) is 0 Å². The second-order valence-corrected chi connectivity index (χ2v) is 2.78. The smallest absolute Gasteiger partial charge is 0.158 e. The molecule has 0 N–H and O–H groups in total. The number of rotatable bonds is 0. The third kappa shape index (κ3) is 0.906. The van der Waals surface area contributed by atoms with Crippen LogP contribution in [0.15, 0.2) is 24.3 Å². The minimum Gasteiger partial charge on any atom is -0.487 e. The van der Waals surface area contributed by atoms with Gasteiger partial charge in [0.15, 0.2) is 6.10 Å². The average molecular weight is 149 g/mol. The molecule has 2 rings (SSSR count). The van der Waals surface area contributed by atoms with Crippen molar-refractivity contribution >= 4 is 0 Å². The van der Waals surface area contributed by atoms with Gasteiger partial charge >= 0.3 is 0 Å². The van der Waals surface area contributed by atoms with Crippen LogP contribution in [0.3, 0.4) is 0 Å². The van der Waals surface area contributed by atoms with E-state index in [1.165, 1.54) is 0 Å². The Morgan fingerprint density at radius 1 is 1.36 bits per heavy atom. The van der Waals surface area contributed by atoms with Crippen LogP contribution in [0.4, 0.5) is 0 Å². The highest BCUT2D eigenvalue weighted by Crippen LogP contribution is 2.36. The molecule has 1 radical (unpaired) electrons. The van der Waals surface area contributed by atoms with Crippen LogP contribution in [-0.4, -0.2) is 6.10 Å². The van der Waals surface area contributed by atoms with Crippen LogP contribution in [0.2, 0.25) is 0 Å². The lowest BCUT2D eigenvalue weighted by atomic mass is 10.1. The summed E-state index contributed by atoms with van der Waals surface area (Å²) in [5, 5.41) is 11.4. The highest BCUT2D eigenvalue weighted by atomic mass is 16.5. The summed E-state index contributed by atoms with van der Waals surface area (Å²) in [6, 6.07) is 7.41. The lowest BCUT2D eigenvalue weighted by Gasteiger charge is -2.03. The molecule has 2 heteroatoms. The van der Waals surface area contributed by atoms with Crippen molar-refractivity contribution in [3.63, 3.8) is 0 Å². The van der Waals surface area contributed by atoms with Crippen LogP contribution < -0.4 is 4.74 Å². The monoisotopic (exact) mass is 149 g/mol. The molecule has 1 aliphatic rings. The largest absolute Gasteiger partial charge is 0.487 e. The summed E-state index contributed by atoms with van der Waals surface area (Å²) < 4.78 is 5.31. The van der Waals surface area contributed by atoms with Gasteiger partial charge in [0.05, 0.1) is 0 Å². The number of hydrogen-bond acceptors (Lipinski definition) is 1. The third-order valence-electron chi connectivity index (χ3n) is 1.96. The molecule has 11 heavy (non-hydrogen) atoms. The Hall–Kier alpha value is -1.02. The van der Waals surface area contributed by atoms with Crippen molar-refractivity contribution in [3.8, 4) is 5.75 Å². The topological polar surface area (TPSA) is 29.1 Å². The second kappa shape index (κ2) is 2.24. The van der Waals surface area contributed by atoms with Gasteiger partial charge in [-0.2, -0.15) is 0 Å². The first-order valence-electron chi connectivity index (χ1n) is 3.70. The first kappa shape index (κ1) is 6.68. The second-order valence-electron chi connectivity index (χ2n) is 2.78. The predicted molar refractivity (Wildman–Crippen MR) is 40.0 cm³/mol. The van der Waals surface area contributed by atoms with E-state index >= 15 is 0 Å². The van der Waals surface area contributed by atoms with Crippen LogP contribution in [0.25, 0.3) is 0 Å². The van der Waals surface area contributed by atoms with E-state index in [1.807, 2.05) is 24.3 Å². The molecule has 57 valence electrons. The van der Waals surface area contributed by atoms with Gasteiger partial charge in [0.2, 0.25) is 0 Å². The van der Waals surface area contributed by atoms with Gasteiger partial charge in [0, 0.05) is 5.56 Å². The molecule has 1 aliphatic heterocycles. The summed E-state index contributed by atoms with van der Waals surface area (Å²) in [4.78, 5) is 0. The van der Waals surface area contributed by atoms with Gasteiger partial charge in [-0.05, 0) is 13.0 Å². The van der Waals surface area contributed by atoms with Crippen LogP contribution >= 0.6 is 0 Å². The van der Waals surface area contributed by atoms with Crippen molar-refractivity contribution in [2.45, 2.75) is 19.1 Å². The molecule has 0 saturated carbocycles. The lowest BCUT2D eigenvalue weighted by Crippen LogP contribution is -2.11. The van der Waals surface area contributed by atoms with Gasteiger partial charge in [-0.25, -0.2) is 5.11 Å². The van der Waals surface area contributed by atoms with Crippen molar-refractivity contribution in [1.29, 1.82) is 0 Å². The van der Waals surface area contributed by atoms with Crippen molar-refractivity contribution in [2.75, 3.05) is 0 Å². The van der Waals surface area contributed by atoms with Crippen molar-refractivity contribution in [3.05, 3.63) is 29.8 Å². The Bertz CT molecular complexity index is 270. The van der Waals surface area contributed by atoms with Gasteiger partial charge in [0.1, 0.15) is 11.9 Å². The van der Waals surface area contributed by atoms with Crippen molar-refractivity contribution in [2.24, 2.45) is 0 Å². The molecule has 2 nitrogen and oxygen atoms in total. The molecule has 0 amide bonds. The van der Waals surface area contributed by atoms with Gasteiger partial charge in [-0.3, -0.25) is 0 Å². The number of fused-ring (bicyclic) bond motifs is 1. The Kier molecular flexibility index (Phi) is 1.36. The fourth-order valence-electron chi connectivity index (χ4n) is 1.34. The summed E-state index contributed by atoms with van der Waals surface area (Å²) in [5.74, 6) is 0.750. The number of hydrogen-bond donors (Lipinski definition) is 0. The molecular formula is C9H9O2. The first-order valence-corrected chi connectivity index (χ1v) is 3.70. The average Bonchev–Trinajstić information content (AvgIpc) is 2.30. The molecule has 0 aromatic heterocycles. The molecule has 0 saturated heterocycles. The highest BCUT2D eigenvalue weighted by Gasteiger charge is 2.29. The maximum Gasteiger partial charge on any atom is 0.158 e. The van der Waals surface area contributed by atoms with Crippen molar-refractivity contribution in [1.82, 2.24) is 0 Å². The van der Waals surface area contributed by atoms with Crippen LogP contribution in [-0.2, 0) is 5.11 Å².